The van der Waals surface area contributed by atoms with E-state index in [0.29, 0.717) is 17.4 Å². The highest BCUT2D eigenvalue weighted by Gasteiger charge is 2.30. The minimum Gasteiger partial charge on any atom is -0.388 e. The van der Waals surface area contributed by atoms with Crippen LogP contribution in [0.2, 0.25) is 5.15 Å². The predicted octanol–water partition coefficient (Wildman–Crippen LogP) is 5.23. The lowest BCUT2D eigenvalue weighted by Crippen LogP contribution is -2.16. The summed E-state index contributed by atoms with van der Waals surface area (Å²) in [6.07, 6.45) is -1.93. The maximum Gasteiger partial charge on any atom is 0.417 e. The Bertz CT molecular complexity index is 1110. The van der Waals surface area contributed by atoms with E-state index in [1.165, 1.54) is 30.6 Å². The minimum atomic E-state index is -4.49. The van der Waals surface area contributed by atoms with Gasteiger partial charge in [-0.3, -0.25) is 4.79 Å². The lowest BCUT2D eigenvalue weighted by molar-refractivity contribution is -0.137. The molecule has 0 aliphatic rings. The van der Waals surface area contributed by atoms with Gasteiger partial charge in [0.1, 0.15) is 16.8 Å². The van der Waals surface area contributed by atoms with Gasteiger partial charge in [0.05, 0.1) is 23.6 Å². The summed E-state index contributed by atoms with van der Waals surface area (Å²) in [5.74, 6) is -0.289. The van der Waals surface area contributed by atoms with Crippen molar-refractivity contribution >= 4 is 34.8 Å². The molecule has 0 radical (unpaired) electrons. The van der Waals surface area contributed by atoms with Gasteiger partial charge in [0, 0.05) is 23.5 Å². The molecule has 0 aliphatic heterocycles. The monoisotopic (exact) mass is 465 g/mol. The summed E-state index contributed by atoms with van der Waals surface area (Å²) in [4.78, 5) is 24.5. The van der Waals surface area contributed by atoms with E-state index in [4.69, 9.17) is 11.6 Å². The lowest BCUT2D eigenvalue weighted by atomic mass is 9.98. The standard InChI is InChI=1S/C21H19ClF3N5O2/c1-11(2)19(31)14-8-16(22)27-10-15(14)29-20(32)12-5-6-26-18(7-12)30-17-4-3-13(9-28-17)21(23,24)25/h3-11,19,31H,1-2H3,(H,29,32)(H,26,28,30). The van der Waals surface area contributed by atoms with Crippen LogP contribution in [0.1, 0.15) is 41.4 Å². The minimum absolute atomic E-state index is 0.128. The second-order valence-electron chi connectivity index (χ2n) is 7.22. The first-order valence-corrected chi connectivity index (χ1v) is 9.83. The highest BCUT2D eigenvalue weighted by Crippen LogP contribution is 2.31. The summed E-state index contributed by atoms with van der Waals surface area (Å²) in [6.45, 7) is 3.64. The Morgan fingerprint density at radius 2 is 1.81 bits per heavy atom. The Balaban J connectivity index is 1.78. The van der Waals surface area contributed by atoms with E-state index in [9.17, 15) is 23.1 Å². The van der Waals surface area contributed by atoms with E-state index >= 15 is 0 Å². The molecule has 7 nitrogen and oxygen atoms in total. The number of rotatable bonds is 6. The number of nitrogens with zero attached hydrogens (tertiary/aromatic N) is 3. The normalized spacial score (nSPS) is 12.5. The molecule has 3 N–H and O–H groups in total. The number of amides is 1. The summed E-state index contributed by atoms with van der Waals surface area (Å²) in [5.41, 5.74) is 0.0699. The molecule has 3 rings (SSSR count). The molecule has 0 fully saturated rings. The largest absolute Gasteiger partial charge is 0.417 e. The highest BCUT2D eigenvalue weighted by atomic mass is 35.5. The second kappa shape index (κ2) is 9.49. The van der Waals surface area contributed by atoms with E-state index in [-0.39, 0.29) is 28.3 Å². The highest BCUT2D eigenvalue weighted by molar-refractivity contribution is 6.29. The molecule has 32 heavy (non-hydrogen) atoms. The Morgan fingerprint density at radius 3 is 2.44 bits per heavy atom. The van der Waals surface area contributed by atoms with Crippen LogP contribution in [0.15, 0.2) is 48.9 Å². The smallest absolute Gasteiger partial charge is 0.388 e. The van der Waals surface area contributed by atoms with E-state index in [1.54, 1.807) is 0 Å². The van der Waals surface area contributed by atoms with E-state index in [1.807, 2.05) is 13.8 Å². The van der Waals surface area contributed by atoms with Gasteiger partial charge in [0.15, 0.2) is 0 Å². The Kier molecular flexibility index (Phi) is 6.95. The van der Waals surface area contributed by atoms with Crippen LogP contribution in [0.3, 0.4) is 0 Å². The van der Waals surface area contributed by atoms with Crippen LogP contribution in [-0.2, 0) is 6.18 Å². The van der Waals surface area contributed by atoms with Crippen LogP contribution in [0.25, 0.3) is 0 Å². The van der Waals surface area contributed by atoms with Gasteiger partial charge >= 0.3 is 6.18 Å². The number of anilines is 3. The number of hydrogen-bond donors (Lipinski definition) is 3. The molecule has 1 atom stereocenters. The fourth-order valence-electron chi connectivity index (χ4n) is 2.75. The molecule has 0 aliphatic carbocycles. The van der Waals surface area contributed by atoms with Crippen LogP contribution >= 0.6 is 11.6 Å². The van der Waals surface area contributed by atoms with Crippen molar-refractivity contribution in [1.82, 2.24) is 15.0 Å². The van der Waals surface area contributed by atoms with Crippen LogP contribution in [-0.4, -0.2) is 26.0 Å². The van der Waals surface area contributed by atoms with Crippen molar-refractivity contribution < 1.29 is 23.1 Å². The first-order valence-electron chi connectivity index (χ1n) is 9.46. The van der Waals surface area contributed by atoms with E-state index in [0.717, 1.165) is 12.1 Å². The Morgan fingerprint density at radius 1 is 1.06 bits per heavy atom. The fraction of sp³-hybridized carbons (Fsp3) is 0.238. The SMILES string of the molecule is CC(C)C(O)c1cc(Cl)ncc1NC(=O)c1ccnc(Nc2ccc(C(F)(F)F)cn2)c1. The van der Waals surface area contributed by atoms with Gasteiger partial charge in [0.2, 0.25) is 0 Å². The molecule has 0 saturated carbocycles. The van der Waals surface area contributed by atoms with Crippen molar-refractivity contribution in [3.05, 3.63) is 70.8 Å². The Labute approximate surface area is 186 Å². The van der Waals surface area contributed by atoms with Crippen molar-refractivity contribution in [2.45, 2.75) is 26.1 Å². The molecule has 3 aromatic heterocycles. The molecule has 1 unspecified atom stereocenters. The number of aliphatic hydroxyl groups is 1. The molecular weight excluding hydrogens is 447 g/mol. The number of pyridine rings is 3. The zero-order chi connectivity index (χ0) is 23.5. The number of aromatic nitrogens is 3. The van der Waals surface area contributed by atoms with E-state index < -0.39 is 23.8 Å². The van der Waals surface area contributed by atoms with Crippen molar-refractivity contribution in [2.75, 3.05) is 10.6 Å². The third-order valence-corrected chi connectivity index (χ3v) is 4.68. The summed E-state index contributed by atoms with van der Waals surface area (Å²) in [6, 6.07) is 6.41. The lowest BCUT2D eigenvalue weighted by Gasteiger charge is -2.19. The third-order valence-electron chi connectivity index (χ3n) is 4.47. The first kappa shape index (κ1) is 23.4. The summed E-state index contributed by atoms with van der Waals surface area (Å²) in [7, 11) is 0. The number of aliphatic hydroxyl groups excluding tert-OH is 1. The van der Waals surface area contributed by atoms with Crippen molar-refractivity contribution in [3.8, 4) is 0 Å². The molecular formula is C21H19ClF3N5O2. The van der Waals surface area contributed by atoms with Gasteiger partial charge < -0.3 is 15.7 Å². The molecule has 3 aromatic rings. The third kappa shape index (κ3) is 5.71. The maximum absolute atomic E-state index is 12.8. The fourth-order valence-corrected chi connectivity index (χ4v) is 2.92. The summed E-state index contributed by atoms with van der Waals surface area (Å²) < 4.78 is 38.0. The van der Waals surface area contributed by atoms with Crippen molar-refractivity contribution in [2.24, 2.45) is 5.92 Å². The van der Waals surface area contributed by atoms with Gasteiger partial charge in [-0.2, -0.15) is 13.2 Å². The summed E-state index contributed by atoms with van der Waals surface area (Å²) in [5, 5.41) is 16.1. The number of alkyl halides is 3. The van der Waals surface area contributed by atoms with Gasteiger partial charge in [-0.05, 0) is 36.2 Å². The van der Waals surface area contributed by atoms with Crippen LogP contribution in [0.4, 0.5) is 30.5 Å². The van der Waals surface area contributed by atoms with Gasteiger partial charge in [-0.15, -0.1) is 0 Å². The molecule has 0 saturated heterocycles. The van der Waals surface area contributed by atoms with Crippen LogP contribution in [0.5, 0.6) is 0 Å². The number of hydrogen-bond acceptors (Lipinski definition) is 6. The average Bonchev–Trinajstić information content (AvgIpc) is 2.74. The summed E-state index contributed by atoms with van der Waals surface area (Å²) >= 11 is 5.93. The first-order chi connectivity index (χ1) is 15.0. The van der Waals surface area contributed by atoms with Gasteiger partial charge in [-0.25, -0.2) is 15.0 Å². The average molecular weight is 466 g/mol. The number of carbonyl (C=O) groups is 1. The molecule has 0 spiro atoms. The zero-order valence-corrected chi connectivity index (χ0v) is 17.7. The number of carbonyl (C=O) groups excluding carboxylic acids is 1. The molecule has 11 heteroatoms. The molecule has 1 amide bonds. The van der Waals surface area contributed by atoms with Crippen molar-refractivity contribution in [3.63, 3.8) is 0 Å². The molecule has 168 valence electrons. The maximum atomic E-state index is 12.8. The predicted molar refractivity (Wildman–Crippen MR) is 114 cm³/mol. The van der Waals surface area contributed by atoms with Gasteiger partial charge in [-0.1, -0.05) is 25.4 Å². The second-order valence-corrected chi connectivity index (χ2v) is 7.61. The topological polar surface area (TPSA) is 100 Å². The van der Waals surface area contributed by atoms with Crippen molar-refractivity contribution in [1.29, 1.82) is 0 Å². The van der Waals surface area contributed by atoms with E-state index in [2.05, 4.69) is 25.6 Å². The van der Waals surface area contributed by atoms with Gasteiger partial charge in [0.25, 0.3) is 5.91 Å². The number of halogens is 4. The quantitative estimate of drug-likeness (QED) is 0.431. The Hall–Kier alpha value is -3.24. The molecule has 3 heterocycles. The number of nitrogens with one attached hydrogen (secondary N) is 2. The zero-order valence-electron chi connectivity index (χ0n) is 17.0. The van der Waals surface area contributed by atoms with Crippen LogP contribution in [0, 0.1) is 5.92 Å². The molecule has 0 bridgehead atoms. The van der Waals surface area contributed by atoms with Crippen LogP contribution < -0.4 is 10.6 Å². The molecule has 0 aromatic carbocycles.